The van der Waals surface area contributed by atoms with Crippen LogP contribution in [0.5, 0.6) is 0 Å². The highest BCUT2D eigenvalue weighted by atomic mass is 35.5. The zero-order chi connectivity index (χ0) is 23.0. The highest BCUT2D eigenvalue weighted by Gasteiger charge is 2.22. The molecule has 0 aliphatic heterocycles. The maximum absolute atomic E-state index is 12.8. The number of fused-ring (bicyclic) bond motifs is 1. The molecule has 4 rings (SSSR count). The summed E-state index contributed by atoms with van der Waals surface area (Å²) in [6.07, 6.45) is 0.519. The van der Waals surface area contributed by atoms with Crippen molar-refractivity contribution >= 4 is 61.6 Å². The van der Waals surface area contributed by atoms with Crippen LogP contribution in [0.25, 0.3) is 10.9 Å². The van der Waals surface area contributed by atoms with Crippen LogP contribution >= 0.6 is 34.8 Å². The third kappa shape index (κ3) is 4.50. The minimum absolute atomic E-state index is 0.0339. The highest BCUT2D eigenvalue weighted by Crippen LogP contribution is 2.30. The third-order valence-corrected chi connectivity index (χ3v) is 7.54. The maximum atomic E-state index is 12.8. The van der Waals surface area contributed by atoms with Crippen LogP contribution in [0.2, 0.25) is 15.1 Å². The van der Waals surface area contributed by atoms with E-state index in [0.717, 1.165) is 27.7 Å². The van der Waals surface area contributed by atoms with Crippen LogP contribution in [0.4, 0.5) is 0 Å². The van der Waals surface area contributed by atoms with Crippen molar-refractivity contribution < 1.29 is 13.2 Å². The molecule has 1 heterocycles. The number of nitrogens with one attached hydrogen (secondary N) is 2. The average molecular weight is 508 g/mol. The largest absolute Gasteiger partial charge is 0.358 e. The number of hydrogen-bond acceptors (Lipinski definition) is 3. The first kappa shape index (κ1) is 22.7. The van der Waals surface area contributed by atoms with E-state index in [9.17, 15) is 13.2 Å². The van der Waals surface area contributed by atoms with Gasteiger partial charge in [0.15, 0.2) is 0 Å². The highest BCUT2D eigenvalue weighted by molar-refractivity contribution is 7.90. The molecule has 0 bridgehead atoms. The lowest BCUT2D eigenvalue weighted by atomic mass is 10.0. The smallest absolute Gasteiger partial charge is 0.265 e. The number of aromatic amines is 1. The van der Waals surface area contributed by atoms with E-state index < -0.39 is 15.9 Å². The van der Waals surface area contributed by atoms with E-state index in [1.165, 1.54) is 18.2 Å². The van der Waals surface area contributed by atoms with Gasteiger partial charge in [-0.05, 0) is 60.5 Å². The molecule has 32 heavy (non-hydrogen) atoms. The Kier molecular flexibility index (Phi) is 6.23. The van der Waals surface area contributed by atoms with Crippen LogP contribution in [0, 0.1) is 6.92 Å². The Labute approximate surface area is 200 Å². The zero-order valence-electron chi connectivity index (χ0n) is 16.7. The molecule has 0 saturated carbocycles. The van der Waals surface area contributed by atoms with Crippen molar-refractivity contribution in [2.75, 3.05) is 0 Å². The maximum Gasteiger partial charge on any atom is 0.265 e. The van der Waals surface area contributed by atoms with Crippen LogP contribution in [0.1, 0.15) is 27.2 Å². The minimum atomic E-state index is -4.12. The van der Waals surface area contributed by atoms with Gasteiger partial charge >= 0.3 is 0 Å². The van der Waals surface area contributed by atoms with Crippen LogP contribution in [0.3, 0.4) is 0 Å². The van der Waals surface area contributed by atoms with E-state index in [1.807, 2.05) is 13.0 Å². The molecule has 4 aromatic rings. The summed E-state index contributed by atoms with van der Waals surface area (Å²) in [7, 11) is -4.12. The lowest BCUT2D eigenvalue weighted by Crippen LogP contribution is -2.30. The van der Waals surface area contributed by atoms with Gasteiger partial charge in [-0.1, -0.05) is 53.0 Å². The second kappa shape index (κ2) is 8.79. The van der Waals surface area contributed by atoms with Crippen molar-refractivity contribution in [2.45, 2.75) is 18.2 Å². The summed E-state index contributed by atoms with van der Waals surface area (Å²) in [5, 5.41) is 1.93. The van der Waals surface area contributed by atoms with Gasteiger partial charge in [0.05, 0.1) is 5.02 Å². The molecule has 9 heteroatoms. The van der Waals surface area contributed by atoms with Gasteiger partial charge in [-0.3, -0.25) is 4.79 Å². The number of amides is 1. The Morgan fingerprint density at radius 1 is 0.969 bits per heavy atom. The predicted octanol–water partition coefficient (Wildman–Crippen LogP) is 6.15. The van der Waals surface area contributed by atoms with Crippen LogP contribution in [0.15, 0.2) is 65.6 Å². The molecule has 0 saturated heterocycles. The molecular formula is C23H17Cl3N2O3S. The summed E-state index contributed by atoms with van der Waals surface area (Å²) in [6, 6.07) is 16.2. The fraction of sp³-hybridized carbons (Fsp3) is 0.0870. The van der Waals surface area contributed by atoms with Crippen molar-refractivity contribution in [3.05, 3.63) is 98.1 Å². The van der Waals surface area contributed by atoms with Gasteiger partial charge < -0.3 is 4.98 Å². The Morgan fingerprint density at radius 2 is 1.72 bits per heavy atom. The molecule has 2 N–H and O–H groups in total. The number of carbonyl (C=O) groups is 1. The molecule has 164 valence electrons. The molecule has 0 aliphatic rings. The minimum Gasteiger partial charge on any atom is -0.358 e. The SMILES string of the molecule is Cc1[nH]c2ccc(C(=O)NS(=O)(=O)c3ccccc3Cl)cc2c1Cc1ccc(Cl)cc1Cl. The molecule has 1 aromatic heterocycles. The van der Waals surface area contributed by atoms with Crippen molar-refractivity contribution in [3.63, 3.8) is 0 Å². The van der Waals surface area contributed by atoms with Crippen molar-refractivity contribution in [3.8, 4) is 0 Å². The van der Waals surface area contributed by atoms with E-state index in [2.05, 4.69) is 9.71 Å². The molecule has 0 fully saturated rings. The van der Waals surface area contributed by atoms with E-state index in [4.69, 9.17) is 34.8 Å². The number of hydrogen-bond donors (Lipinski definition) is 2. The second-order valence-corrected chi connectivity index (χ2v) is 10.2. The fourth-order valence-corrected chi connectivity index (χ4v) is 5.48. The van der Waals surface area contributed by atoms with Crippen molar-refractivity contribution in [2.24, 2.45) is 0 Å². The number of sulfonamides is 1. The molecule has 5 nitrogen and oxygen atoms in total. The molecular weight excluding hydrogens is 491 g/mol. The summed E-state index contributed by atoms with van der Waals surface area (Å²) in [6.45, 7) is 1.93. The molecule has 0 atom stereocenters. The van der Waals surface area contributed by atoms with E-state index >= 15 is 0 Å². The third-order valence-electron chi connectivity index (χ3n) is 5.12. The fourth-order valence-electron chi connectivity index (χ4n) is 3.51. The zero-order valence-corrected chi connectivity index (χ0v) is 19.8. The van der Waals surface area contributed by atoms with E-state index in [0.29, 0.717) is 16.5 Å². The Hall–Kier alpha value is -2.51. The molecule has 0 radical (unpaired) electrons. The van der Waals surface area contributed by atoms with Gasteiger partial charge in [-0.2, -0.15) is 0 Å². The first-order valence-electron chi connectivity index (χ1n) is 9.52. The van der Waals surface area contributed by atoms with Gasteiger partial charge in [-0.15, -0.1) is 0 Å². The molecule has 0 spiro atoms. The Morgan fingerprint density at radius 3 is 2.44 bits per heavy atom. The number of aromatic nitrogens is 1. The number of carbonyl (C=O) groups excluding carboxylic acids is 1. The molecule has 0 unspecified atom stereocenters. The lowest BCUT2D eigenvalue weighted by Gasteiger charge is -2.09. The summed E-state index contributed by atoms with van der Waals surface area (Å²) in [5.41, 5.74) is 3.79. The monoisotopic (exact) mass is 506 g/mol. The van der Waals surface area contributed by atoms with Gasteiger partial charge in [-0.25, -0.2) is 13.1 Å². The summed E-state index contributed by atoms with van der Waals surface area (Å²) < 4.78 is 27.3. The number of H-pyrrole nitrogens is 1. The van der Waals surface area contributed by atoms with Crippen molar-refractivity contribution in [1.29, 1.82) is 0 Å². The second-order valence-electron chi connectivity index (χ2n) is 7.27. The first-order valence-corrected chi connectivity index (χ1v) is 12.1. The van der Waals surface area contributed by atoms with Gasteiger partial charge in [0, 0.05) is 38.6 Å². The number of halogens is 3. The summed E-state index contributed by atoms with van der Waals surface area (Å²) >= 11 is 18.3. The van der Waals surface area contributed by atoms with Gasteiger partial charge in [0.25, 0.3) is 15.9 Å². The average Bonchev–Trinajstić information content (AvgIpc) is 3.04. The quantitative estimate of drug-likeness (QED) is 0.340. The van der Waals surface area contributed by atoms with Gasteiger partial charge in [0.1, 0.15) is 4.90 Å². The summed E-state index contributed by atoms with van der Waals surface area (Å²) in [5.74, 6) is -0.749. The standard InChI is InChI=1S/C23H17Cl3N2O3S/c1-13-17(10-14-6-8-16(24)12-20(14)26)18-11-15(7-9-21(18)27-13)23(29)28-32(30,31)22-5-3-2-4-19(22)25/h2-9,11-12,27H,10H2,1H3,(H,28,29). The Bertz CT molecular complexity index is 1460. The first-order chi connectivity index (χ1) is 15.2. The van der Waals surface area contributed by atoms with Crippen LogP contribution < -0.4 is 4.72 Å². The normalized spacial score (nSPS) is 11.6. The summed E-state index contributed by atoms with van der Waals surface area (Å²) in [4.78, 5) is 15.9. The van der Waals surface area contributed by atoms with E-state index in [-0.39, 0.29) is 15.5 Å². The number of rotatable bonds is 5. The number of aryl methyl sites for hydroxylation is 1. The molecule has 0 aliphatic carbocycles. The van der Waals surface area contributed by atoms with Crippen LogP contribution in [-0.4, -0.2) is 19.3 Å². The van der Waals surface area contributed by atoms with Gasteiger partial charge in [0.2, 0.25) is 0 Å². The molecule has 1 amide bonds. The van der Waals surface area contributed by atoms with E-state index in [1.54, 1.807) is 36.4 Å². The van der Waals surface area contributed by atoms with Crippen LogP contribution in [-0.2, 0) is 16.4 Å². The molecule has 3 aromatic carbocycles. The van der Waals surface area contributed by atoms with Crippen molar-refractivity contribution in [1.82, 2.24) is 9.71 Å². The predicted molar refractivity (Wildman–Crippen MR) is 128 cm³/mol. The Balaban J connectivity index is 1.68. The topological polar surface area (TPSA) is 79.0 Å². The number of benzene rings is 3. The lowest BCUT2D eigenvalue weighted by molar-refractivity contribution is 0.0981.